The lowest BCUT2D eigenvalue weighted by Crippen LogP contribution is -2.00. The van der Waals surface area contributed by atoms with E-state index in [4.69, 9.17) is 0 Å². The van der Waals surface area contributed by atoms with Crippen molar-refractivity contribution in [3.63, 3.8) is 0 Å². The van der Waals surface area contributed by atoms with Crippen LogP contribution in [0.25, 0.3) is 44.2 Å². The molecule has 0 unspecified atom stereocenters. The summed E-state index contributed by atoms with van der Waals surface area (Å²) in [6.07, 6.45) is 4.97. The lowest BCUT2D eigenvalue weighted by Gasteiger charge is -2.13. The van der Waals surface area contributed by atoms with Crippen molar-refractivity contribution in [3.8, 4) is 11.4 Å². The van der Waals surface area contributed by atoms with Crippen LogP contribution < -0.4 is 0 Å². The molecule has 0 fully saturated rings. The SMILES string of the molecule is C=N/C=N\c1c(C)n(-c2cccc(-n3c4ccccc4c4ncncc43)c2)c2ccccc12. The predicted molar refractivity (Wildman–Crippen MR) is 136 cm³/mol. The van der Waals surface area contributed by atoms with Gasteiger partial charge in [-0.05, 0) is 44.0 Å². The molecule has 158 valence electrons. The Morgan fingerprint density at radius 1 is 0.818 bits per heavy atom. The Labute approximate surface area is 190 Å². The molecule has 0 saturated heterocycles. The van der Waals surface area contributed by atoms with Gasteiger partial charge in [0.15, 0.2) is 0 Å². The van der Waals surface area contributed by atoms with Crippen LogP contribution in [-0.4, -0.2) is 32.2 Å². The Kier molecular flexibility index (Phi) is 4.36. The first-order chi connectivity index (χ1) is 16.3. The van der Waals surface area contributed by atoms with Gasteiger partial charge in [0.2, 0.25) is 0 Å². The van der Waals surface area contributed by atoms with Crippen LogP contribution in [0.2, 0.25) is 0 Å². The summed E-state index contributed by atoms with van der Waals surface area (Å²) in [7, 11) is 0. The van der Waals surface area contributed by atoms with Crippen molar-refractivity contribution in [3.05, 3.63) is 91.0 Å². The van der Waals surface area contributed by atoms with Crippen molar-refractivity contribution in [1.82, 2.24) is 19.1 Å². The molecule has 6 aromatic rings. The second-order valence-electron chi connectivity index (χ2n) is 7.84. The zero-order chi connectivity index (χ0) is 22.4. The summed E-state index contributed by atoms with van der Waals surface area (Å²) in [4.78, 5) is 17.2. The molecule has 6 nitrogen and oxygen atoms in total. The van der Waals surface area contributed by atoms with E-state index in [0.717, 1.165) is 55.6 Å². The van der Waals surface area contributed by atoms with E-state index < -0.39 is 0 Å². The molecule has 0 aliphatic rings. The quantitative estimate of drug-likeness (QED) is 0.248. The van der Waals surface area contributed by atoms with Crippen LogP contribution in [0.4, 0.5) is 5.69 Å². The Balaban J connectivity index is 1.63. The van der Waals surface area contributed by atoms with E-state index in [-0.39, 0.29) is 0 Å². The van der Waals surface area contributed by atoms with Crippen LogP contribution in [0.15, 0.2) is 95.3 Å². The third-order valence-electron chi connectivity index (χ3n) is 6.03. The third kappa shape index (κ3) is 2.88. The average molecular weight is 428 g/mol. The summed E-state index contributed by atoms with van der Waals surface area (Å²) in [5.41, 5.74) is 8.15. The number of hydrogen-bond donors (Lipinski definition) is 0. The first kappa shape index (κ1) is 19.1. The molecule has 0 aliphatic carbocycles. The van der Waals surface area contributed by atoms with E-state index in [9.17, 15) is 0 Å². The molecule has 6 heteroatoms. The molecule has 33 heavy (non-hydrogen) atoms. The topological polar surface area (TPSA) is 60.4 Å². The van der Waals surface area contributed by atoms with E-state index in [1.54, 1.807) is 6.33 Å². The van der Waals surface area contributed by atoms with E-state index in [2.05, 4.69) is 97.3 Å². The number of benzene rings is 3. The van der Waals surface area contributed by atoms with Crippen molar-refractivity contribution in [1.29, 1.82) is 0 Å². The molecule has 3 heterocycles. The molecule has 0 aliphatic heterocycles. The summed E-state index contributed by atoms with van der Waals surface area (Å²) in [6, 6.07) is 25.1. The van der Waals surface area contributed by atoms with Gasteiger partial charge in [-0.2, -0.15) is 0 Å². The monoisotopic (exact) mass is 428 g/mol. The largest absolute Gasteiger partial charge is 0.312 e. The van der Waals surface area contributed by atoms with Crippen LogP contribution in [0.5, 0.6) is 0 Å². The number of nitrogens with zero attached hydrogens (tertiary/aromatic N) is 6. The Morgan fingerprint density at radius 3 is 2.30 bits per heavy atom. The highest BCUT2D eigenvalue weighted by atomic mass is 15.0. The minimum Gasteiger partial charge on any atom is -0.312 e. The minimum atomic E-state index is 0.897. The zero-order valence-corrected chi connectivity index (χ0v) is 18.1. The third-order valence-corrected chi connectivity index (χ3v) is 6.03. The van der Waals surface area contributed by atoms with Crippen LogP contribution in [0.3, 0.4) is 0 Å². The van der Waals surface area contributed by atoms with Gasteiger partial charge in [-0.15, -0.1) is 0 Å². The highest BCUT2D eigenvalue weighted by Crippen LogP contribution is 2.36. The van der Waals surface area contributed by atoms with Crippen molar-refractivity contribution < 1.29 is 0 Å². The number of aromatic nitrogens is 4. The summed E-state index contributed by atoms with van der Waals surface area (Å²) >= 11 is 0. The highest BCUT2D eigenvalue weighted by Gasteiger charge is 2.17. The van der Waals surface area contributed by atoms with Crippen LogP contribution in [0.1, 0.15) is 5.69 Å². The second kappa shape index (κ2) is 7.53. The van der Waals surface area contributed by atoms with Gasteiger partial charge in [-0.25, -0.2) is 15.0 Å². The van der Waals surface area contributed by atoms with Crippen molar-refractivity contribution >= 4 is 51.6 Å². The normalized spacial score (nSPS) is 11.8. The molecule has 0 spiro atoms. The van der Waals surface area contributed by atoms with E-state index in [0.29, 0.717) is 0 Å². The van der Waals surface area contributed by atoms with E-state index >= 15 is 0 Å². The summed E-state index contributed by atoms with van der Waals surface area (Å²) in [5, 5.41) is 2.18. The number of aliphatic imine (C=N–C) groups is 2. The summed E-state index contributed by atoms with van der Waals surface area (Å²) < 4.78 is 4.45. The fourth-order valence-electron chi connectivity index (χ4n) is 4.69. The van der Waals surface area contributed by atoms with Gasteiger partial charge < -0.3 is 9.13 Å². The molecule has 0 saturated carbocycles. The summed E-state index contributed by atoms with van der Waals surface area (Å²) in [5.74, 6) is 0. The van der Waals surface area contributed by atoms with Crippen molar-refractivity contribution in [2.45, 2.75) is 6.92 Å². The molecular formula is C27H20N6. The molecule has 3 aromatic heterocycles. The fraction of sp³-hybridized carbons (Fsp3) is 0.0370. The standard InChI is InChI=1S/C27H20N6/c1-18-26(30-16-28-2)21-10-3-5-12-23(21)32(18)19-8-7-9-20(14-19)33-24-13-6-4-11-22(24)27-25(33)15-29-17-31-27/h3-17H,2H2,1H3/b30-16-. The molecule has 0 bridgehead atoms. The molecule has 3 aromatic carbocycles. The first-order valence-electron chi connectivity index (χ1n) is 10.7. The molecule has 0 atom stereocenters. The maximum atomic E-state index is 4.56. The molecule has 0 amide bonds. The lowest BCUT2D eigenvalue weighted by atomic mass is 10.2. The Bertz CT molecular complexity index is 1650. The zero-order valence-electron chi connectivity index (χ0n) is 18.1. The van der Waals surface area contributed by atoms with Crippen LogP contribution >= 0.6 is 0 Å². The predicted octanol–water partition coefficient (Wildman–Crippen LogP) is 6.19. The van der Waals surface area contributed by atoms with Gasteiger partial charge >= 0.3 is 0 Å². The average Bonchev–Trinajstić information content (AvgIpc) is 3.34. The van der Waals surface area contributed by atoms with Crippen LogP contribution in [-0.2, 0) is 0 Å². The number of rotatable bonds is 4. The smallest absolute Gasteiger partial charge is 0.116 e. The van der Waals surface area contributed by atoms with Gasteiger partial charge in [0.25, 0.3) is 0 Å². The maximum Gasteiger partial charge on any atom is 0.116 e. The van der Waals surface area contributed by atoms with Gasteiger partial charge in [0.1, 0.15) is 12.7 Å². The van der Waals surface area contributed by atoms with Crippen molar-refractivity contribution in [2.75, 3.05) is 0 Å². The van der Waals surface area contributed by atoms with Gasteiger partial charge in [-0.3, -0.25) is 4.99 Å². The van der Waals surface area contributed by atoms with Gasteiger partial charge in [0.05, 0.1) is 34.0 Å². The molecule has 6 rings (SSSR count). The fourth-order valence-corrected chi connectivity index (χ4v) is 4.69. The van der Waals surface area contributed by atoms with Crippen LogP contribution in [0, 0.1) is 6.92 Å². The lowest BCUT2D eigenvalue weighted by molar-refractivity contribution is 1.04. The second-order valence-corrected chi connectivity index (χ2v) is 7.84. The molecule has 0 N–H and O–H groups in total. The Morgan fingerprint density at radius 2 is 1.52 bits per heavy atom. The number of hydrogen-bond acceptors (Lipinski definition) is 3. The minimum absolute atomic E-state index is 0.897. The number of fused-ring (bicyclic) bond motifs is 4. The number of para-hydroxylation sites is 2. The van der Waals surface area contributed by atoms with Gasteiger partial charge in [0, 0.05) is 27.8 Å². The van der Waals surface area contributed by atoms with Crippen molar-refractivity contribution in [2.24, 2.45) is 9.98 Å². The molecular weight excluding hydrogens is 408 g/mol. The van der Waals surface area contributed by atoms with E-state index in [1.165, 1.54) is 6.34 Å². The van der Waals surface area contributed by atoms with Gasteiger partial charge in [-0.1, -0.05) is 42.5 Å². The summed E-state index contributed by atoms with van der Waals surface area (Å²) in [6.45, 7) is 5.60. The Hall–Kier alpha value is -4.58. The first-order valence-corrected chi connectivity index (χ1v) is 10.7. The highest BCUT2D eigenvalue weighted by molar-refractivity contribution is 6.06. The van der Waals surface area contributed by atoms with E-state index in [1.807, 2.05) is 24.4 Å². The molecule has 0 radical (unpaired) electrons. The maximum absolute atomic E-state index is 4.56.